The van der Waals surface area contributed by atoms with Gasteiger partial charge in [-0.2, -0.15) is 0 Å². The Morgan fingerprint density at radius 2 is 1.82 bits per heavy atom. The van der Waals surface area contributed by atoms with Crippen molar-refractivity contribution in [2.75, 3.05) is 19.5 Å². The average Bonchev–Trinajstić information content (AvgIpc) is 2.73. The molecule has 0 aliphatic heterocycles. The summed E-state index contributed by atoms with van der Waals surface area (Å²) in [4.78, 5) is 20.5. The summed E-state index contributed by atoms with van der Waals surface area (Å²) in [5.74, 6) is 0.764. The van der Waals surface area contributed by atoms with Crippen LogP contribution in [0.1, 0.15) is 15.9 Å². The fraction of sp³-hybridized carbons (Fsp3) is 0.150. The van der Waals surface area contributed by atoms with Gasteiger partial charge in [-0.25, -0.2) is 14.4 Å². The van der Waals surface area contributed by atoms with Gasteiger partial charge in [0.05, 0.1) is 25.5 Å². The molecule has 8 heteroatoms. The van der Waals surface area contributed by atoms with Crippen molar-refractivity contribution < 1.29 is 18.7 Å². The Morgan fingerprint density at radius 1 is 1.07 bits per heavy atom. The monoisotopic (exact) mass is 382 g/mol. The third-order valence-electron chi connectivity index (χ3n) is 3.96. The molecule has 1 aromatic heterocycles. The molecule has 2 N–H and O–H groups in total. The Bertz CT molecular complexity index is 964. The van der Waals surface area contributed by atoms with Gasteiger partial charge in [0.1, 0.15) is 17.3 Å². The lowest BCUT2D eigenvalue weighted by Gasteiger charge is -2.11. The maximum absolute atomic E-state index is 13.6. The minimum absolute atomic E-state index is 0.0759. The van der Waals surface area contributed by atoms with Crippen LogP contribution in [0, 0.1) is 5.82 Å². The van der Waals surface area contributed by atoms with Crippen LogP contribution >= 0.6 is 0 Å². The number of halogens is 1. The second kappa shape index (κ2) is 8.81. The Hall–Kier alpha value is -3.68. The summed E-state index contributed by atoms with van der Waals surface area (Å²) in [6, 6.07) is 11.5. The van der Waals surface area contributed by atoms with Crippen molar-refractivity contribution >= 4 is 17.5 Å². The predicted molar refractivity (Wildman–Crippen MR) is 102 cm³/mol. The third kappa shape index (κ3) is 4.53. The van der Waals surface area contributed by atoms with E-state index in [2.05, 4.69) is 20.6 Å². The van der Waals surface area contributed by atoms with Crippen molar-refractivity contribution in [1.82, 2.24) is 15.3 Å². The summed E-state index contributed by atoms with van der Waals surface area (Å²) >= 11 is 0. The van der Waals surface area contributed by atoms with Gasteiger partial charge in [-0.15, -0.1) is 0 Å². The van der Waals surface area contributed by atoms with Crippen molar-refractivity contribution in [2.45, 2.75) is 6.54 Å². The van der Waals surface area contributed by atoms with E-state index in [1.807, 2.05) is 0 Å². The van der Waals surface area contributed by atoms with Crippen molar-refractivity contribution in [3.05, 3.63) is 71.8 Å². The molecule has 0 saturated heterocycles. The summed E-state index contributed by atoms with van der Waals surface area (Å²) < 4.78 is 24.1. The lowest BCUT2D eigenvalue weighted by Crippen LogP contribution is -2.23. The Labute approximate surface area is 161 Å². The highest BCUT2D eigenvalue weighted by molar-refractivity contribution is 5.93. The highest BCUT2D eigenvalue weighted by atomic mass is 19.1. The zero-order chi connectivity index (χ0) is 19.9. The van der Waals surface area contributed by atoms with E-state index in [0.717, 1.165) is 0 Å². The van der Waals surface area contributed by atoms with Crippen LogP contribution in [0.15, 0.2) is 54.9 Å². The Morgan fingerprint density at radius 3 is 2.50 bits per heavy atom. The lowest BCUT2D eigenvalue weighted by molar-refractivity contribution is 0.0950. The number of nitrogens with zero attached hydrogens (tertiary/aromatic N) is 2. The molecule has 0 atom stereocenters. The zero-order valence-electron chi connectivity index (χ0n) is 15.4. The highest BCUT2D eigenvalue weighted by Crippen LogP contribution is 2.30. The molecule has 0 saturated carbocycles. The van der Waals surface area contributed by atoms with Gasteiger partial charge in [-0.3, -0.25) is 4.79 Å². The van der Waals surface area contributed by atoms with Crippen LogP contribution in [0.2, 0.25) is 0 Å². The molecule has 0 radical (unpaired) electrons. The first-order valence-electron chi connectivity index (χ1n) is 8.43. The number of rotatable bonds is 7. The molecule has 1 heterocycles. The van der Waals surface area contributed by atoms with E-state index in [9.17, 15) is 9.18 Å². The summed E-state index contributed by atoms with van der Waals surface area (Å²) in [5, 5.41) is 5.66. The number of carbonyl (C=O) groups is 1. The van der Waals surface area contributed by atoms with Crippen LogP contribution < -0.4 is 20.1 Å². The van der Waals surface area contributed by atoms with Crippen LogP contribution in [0.5, 0.6) is 11.5 Å². The molecule has 2 aromatic carbocycles. The predicted octanol–water partition coefficient (Wildman–Crippen LogP) is 3.31. The first kappa shape index (κ1) is 19.1. The Balaban J connectivity index is 1.66. The van der Waals surface area contributed by atoms with Gasteiger partial charge in [0.15, 0.2) is 0 Å². The zero-order valence-corrected chi connectivity index (χ0v) is 15.4. The van der Waals surface area contributed by atoms with E-state index >= 15 is 0 Å². The quantitative estimate of drug-likeness (QED) is 0.652. The minimum Gasteiger partial charge on any atom is -0.497 e. The van der Waals surface area contributed by atoms with Crippen LogP contribution in [0.25, 0.3) is 0 Å². The first-order valence-corrected chi connectivity index (χ1v) is 8.43. The fourth-order valence-electron chi connectivity index (χ4n) is 2.46. The average molecular weight is 382 g/mol. The lowest BCUT2D eigenvalue weighted by atomic mass is 10.2. The van der Waals surface area contributed by atoms with Crippen LogP contribution in [-0.2, 0) is 6.54 Å². The normalized spacial score (nSPS) is 10.2. The van der Waals surface area contributed by atoms with Gasteiger partial charge in [0.25, 0.3) is 5.91 Å². The number of anilines is 2. The molecule has 28 heavy (non-hydrogen) atoms. The molecule has 3 rings (SSSR count). The number of benzene rings is 2. The number of ether oxygens (including phenoxy) is 2. The fourth-order valence-corrected chi connectivity index (χ4v) is 2.46. The van der Waals surface area contributed by atoms with Gasteiger partial charge in [-0.05, 0) is 18.2 Å². The molecule has 144 valence electrons. The van der Waals surface area contributed by atoms with Gasteiger partial charge in [-0.1, -0.05) is 18.2 Å². The smallest absolute Gasteiger partial charge is 0.254 e. The second-order valence-electron chi connectivity index (χ2n) is 5.76. The topological polar surface area (TPSA) is 85.4 Å². The molecular weight excluding hydrogens is 363 g/mol. The van der Waals surface area contributed by atoms with Crippen LogP contribution in [-0.4, -0.2) is 30.1 Å². The van der Waals surface area contributed by atoms with E-state index in [4.69, 9.17) is 9.47 Å². The maximum atomic E-state index is 13.6. The number of carbonyl (C=O) groups excluding carboxylic acids is 1. The Kier molecular flexibility index (Phi) is 6.01. The van der Waals surface area contributed by atoms with E-state index in [1.54, 1.807) is 50.6 Å². The van der Waals surface area contributed by atoms with E-state index in [-0.39, 0.29) is 23.9 Å². The number of aromatic nitrogens is 2. The maximum Gasteiger partial charge on any atom is 0.254 e. The number of nitrogens with one attached hydrogen (secondary N) is 2. The number of hydrogen-bond donors (Lipinski definition) is 2. The first-order chi connectivity index (χ1) is 13.6. The molecule has 0 fully saturated rings. The molecule has 3 aromatic rings. The summed E-state index contributed by atoms with van der Waals surface area (Å²) in [6.45, 7) is 0.0759. The second-order valence-corrected chi connectivity index (χ2v) is 5.76. The van der Waals surface area contributed by atoms with Crippen LogP contribution in [0.3, 0.4) is 0 Å². The largest absolute Gasteiger partial charge is 0.497 e. The molecular formula is C20H19FN4O3. The standard InChI is InChI=1S/C20H19FN4O3/c1-27-15-7-8-18(28-2)17(9-15)25-20-23-11-14(12-24-20)19(26)22-10-13-5-3-4-6-16(13)21/h3-9,11-12H,10H2,1-2H3,(H,22,26)(H,23,24,25). The number of amides is 1. The van der Waals surface area contributed by atoms with Crippen molar-refractivity contribution in [2.24, 2.45) is 0 Å². The molecule has 0 spiro atoms. The minimum atomic E-state index is -0.395. The van der Waals surface area contributed by atoms with Gasteiger partial charge in [0, 0.05) is 30.6 Å². The van der Waals surface area contributed by atoms with Crippen molar-refractivity contribution in [3.63, 3.8) is 0 Å². The molecule has 0 aliphatic carbocycles. The van der Waals surface area contributed by atoms with Gasteiger partial charge >= 0.3 is 0 Å². The molecule has 7 nitrogen and oxygen atoms in total. The molecule has 0 aliphatic rings. The number of hydrogen-bond acceptors (Lipinski definition) is 6. The van der Waals surface area contributed by atoms with E-state index < -0.39 is 5.91 Å². The molecule has 0 bridgehead atoms. The SMILES string of the molecule is COc1ccc(OC)c(Nc2ncc(C(=O)NCc3ccccc3F)cn2)c1. The summed E-state index contributed by atoms with van der Waals surface area (Å²) in [5.41, 5.74) is 1.29. The highest BCUT2D eigenvalue weighted by Gasteiger charge is 2.10. The van der Waals surface area contributed by atoms with Gasteiger partial charge in [0.2, 0.25) is 5.95 Å². The van der Waals surface area contributed by atoms with E-state index in [1.165, 1.54) is 18.5 Å². The summed E-state index contributed by atoms with van der Waals surface area (Å²) in [7, 11) is 3.12. The molecule has 0 unspecified atom stereocenters. The summed E-state index contributed by atoms with van der Waals surface area (Å²) in [6.07, 6.45) is 2.78. The molecule has 1 amide bonds. The van der Waals surface area contributed by atoms with E-state index in [0.29, 0.717) is 22.7 Å². The number of methoxy groups -OCH3 is 2. The van der Waals surface area contributed by atoms with Crippen molar-refractivity contribution in [1.29, 1.82) is 0 Å². The van der Waals surface area contributed by atoms with Crippen molar-refractivity contribution in [3.8, 4) is 11.5 Å². The third-order valence-corrected chi connectivity index (χ3v) is 3.96. The van der Waals surface area contributed by atoms with Gasteiger partial charge < -0.3 is 20.1 Å². The van der Waals surface area contributed by atoms with Crippen LogP contribution in [0.4, 0.5) is 16.0 Å².